The summed E-state index contributed by atoms with van der Waals surface area (Å²) in [5, 5.41) is 2.89. The zero-order valence-electron chi connectivity index (χ0n) is 17.8. The van der Waals surface area contributed by atoms with Crippen molar-refractivity contribution >= 4 is 34.2 Å². The van der Waals surface area contributed by atoms with Crippen molar-refractivity contribution in [1.82, 2.24) is 25.2 Å². The Morgan fingerprint density at radius 2 is 1.87 bits per heavy atom. The number of pyridine rings is 1. The third kappa shape index (κ3) is 4.26. The summed E-state index contributed by atoms with van der Waals surface area (Å²) >= 11 is 6.35. The molecular weight excluding hydrogens is 416 g/mol. The average molecular weight is 441 g/mol. The van der Waals surface area contributed by atoms with Gasteiger partial charge in [0.1, 0.15) is 11.4 Å². The highest BCUT2D eigenvalue weighted by atomic mass is 35.5. The third-order valence-electron chi connectivity index (χ3n) is 5.81. The molecule has 1 aliphatic rings. The highest BCUT2D eigenvalue weighted by Crippen LogP contribution is 2.26. The van der Waals surface area contributed by atoms with Gasteiger partial charge in [0.25, 0.3) is 11.5 Å². The Bertz CT molecular complexity index is 1200. The predicted molar refractivity (Wildman–Crippen MR) is 122 cm³/mol. The van der Waals surface area contributed by atoms with Gasteiger partial charge in [-0.2, -0.15) is 0 Å². The Labute approximate surface area is 185 Å². The van der Waals surface area contributed by atoms with Gasteiger partial charge in [-0.05, 0) is 43.2 Å². The minimum Gasteiger partial charge on any atom is -0.366 e. The fourth-order valence-electron chi connectivity index (χ4n) is 3.90. The number of piperazine rings is 1. The van der Waals surface area contributed by atoms with Crippen LogP contribution in [0.3, 0.4) is 0 Å². The number of aromatic amines is 1. The molecule has 1 aliphatic heterocycles. The molecule has 1 aromatic carbocycles. The molecule has 8 nitrogen and oxygen atoms in total. The lowest BCUT2D eigenvalue weighted by molar-refractivity contribution is 0.0958. The fraction of sp³-hybridized carbons (Fsp3) is 0.364. The maximum absolute atomic E-state index is 12.0. The number of carbonyl (C=O) groups excluding carboxylic acids is 1. The van der Waals surface area contributed by atoms with Crippen LogP contribution in [-0.2, 0) is 6.54 Å². The Morgan fingerprint density at radius 3 is 2.55 bits per heavy atom. The normalized spacial score (nSPS) is 14.8. The van der Waals surface area contributed by atoms with Crippen LogP contribution in [0.1, 0.15) is 27.3 Å². The zero-order chi connectivity index (χ0) is 22.1. The molecule has 0 radical (unpaired) electrons. The van der Waals surface area contributed by atoms with Crippen LogP contribution in [-0.4, -0.2) is 59.0 Å². The van der Waals surface area contributed by atoms with E-state index in [1.165, 1.54) is 5.56 Å². The molecule has 4 rings (SSSR count). The Morgan fingerprint density at radius 1 is 1.13 bits per heavy atom. The number of nitrogens with zero attached hydrogens (tertiary/aromatic N) is 4. The molecule has 1 amide bonds. The second kappa shape index (κ2) is 8.64. The number of aromatic nitrogens is 3. The smallest absolute Gasteiger partial charge is 0.269 e. The summed E-state index contributed by atoms with van der Waals surface area (Å²) in [5.74, 6) is -0.254. The number of nitrogens with one attached hydrogen (secondary N) is 2. The van der Waals surface area contributed by atoms with Gasteiger partial charge in [-0.3, -0.25) is 14.5 Å². The summed E-state index contributed by atoms with van der Waals surface area (Å²) in [6.07, 6.45) is 0. The van der Waals surface area contributed by atoms with Crippen LogP contribution >= 0.6 is 11.6 Å². The first-order valence-electron chi connectivity index (χ1n) is 10.2. The SMILES string of the molecule is CNC(=O)c1ccc(N2CCN(Cc3ccc4nc(C)c(=O)[nH]c4c3C)CC2)c(Cl)n1. The van der Waals surface area contributed by atoms with E-state index < -0.39 is 0 Å². The van der Waals surface area contributed by atoms with E-state index in [1.807, 2.05) is 19.1 Å². The number of benzene rings is 1. The van der Waals surface area contributed by atoms with Crippen molar-refractivity contribution in [3.05, 3.63) is 62.3 Å². The highest BCUT2D eigenvalue weighted by molar-refractivity contribution is 6.32. The van der Waals surface area contributed by atoms with Gasteiger partial charge < -0.3 is 15.2 Å². The van der Waals surface area contributed by atoms with Gasteiger partial charge in [0.2, 0.25) is 0 Å². The van der Waals surface area contributed by atoms with Crippen LogP contribution in [0.2, 0.25) is 5.15 Å². The van der Waals surface area contributed by atoms with Crippen LogP contribution < -0.4 is 15.8 Å². The van der Waals surface area contributed by atoms with E-state index >= 15 is 0 Å². The third-order valence-corrected chi connectivity index (χ3v) is 6.08. The number of hydrogen-bond donors (Lipinski definition) is 2. The molecule has 0 atom stereocenters. The van der Waals surface area contributed by atoms with Crippen molar-refractivity contribution in [3.63, 3.8) is 0 Å². The number of carbonyl (C=O) groups is 1. The Hall–Kier alpha value is -2.97. The van der Waals surface area contributed by atoms with E-state index in [1.54, 1.807) is 20.0 Å². The van der Waals surface area contributed by atoms with Gasteiger partial charge in [-0.15, -0.1) is 0 Å². The van der Waals surface area contributed by atoms with Gasteiger partial charge in [-0.25, -0.2) is 9.97 Å². The van der Waals surface area contributed by atoms with Crippen molar-refractivity contribution in [2.75, 3.05) is 38.1 Å². The van der Waals surface area contributed by atoms with Gasteiger partial charge in [0.05, 0.1) is 16.7 Å². The summed E-state index contributed by atoms with van der Waals surface area (Å²) in [5.41, 5.74) is 5.34. The highest BCUT2D eigenvalue weighted by Gasteiger charge is 2.21. The van der Waals surface area contributed by atoms with Gasteiger partial charge in [0.15, 0.2) is 5.15 Å². The first kappa shape index (κ1) is 21.3. The van der Waals surface area contributed by atoms with Crippen molar-refractivity contribution in [2.24, 2.45) is 0 Å². The number of fused-ring (bicyclic) bond motifs is 1. The molecule has 1 saturated heterocycles. The summed E-state index contributed by atoms with van der Waals surface area (Å²) in [7, 11) is 1.57. The molecule has 0 spiro atoms. The van der Waals surface area contributed by atoms with Crippen LogP contribution in [0, 0.1) is 13.8 Å². The van der Waals surface area contributed by atoms with E-state index in [9.17, 15) is 9.59 Å². The van der Waals surface area contributed by atoms with E-state index in [-0.39, 0.29) is 11.5 Å². The molecule has 0 unspecified atom stereocenters. The number of rotatable bonds is 4. The lowest BCUT2D eigenvalue weighted by Gasteiger charge is -2.36. The number of H-pyrrole nitrogens is 1. The first-order chi connectivity index (χ1) is 14.9. The van der Waals surface area contributed by atoms with Crippen LogP contribution in [0.5, 0.6) is 0 Å². The van der Waals surface area contributed by atoms with Gasteiger partial charge in [0, 0.05) is 39.8 Å². The van der Waals surface area contributed by atoms with Crippen molar-refractivity contribution in [3.8, 4) is 0 Å². The molecule has 162 valence electrons. The largest absolute Gasteiger partial charge is 0.366 e. The quantitative estimate of drug-likeness (QED) is 0.604. The molecule has 9 heteroatoms. The molecule has 1 fully saturated rings. The van der Waals surface area contributed by atoms with Crippen molar-refractivity contribution < 1.29 is 4.79 Å². The van der Waals surface area contributed by atoms with Crippen molar-refractivity contribution in [2.45, 2.75) is 20.4 Å². The molecule has 0 bridgehead atoms. The minimum atomic E-state index is -0.254. The van der Waals surface area contributed by atoms with Gasteiger partial charge in [-0.1, -0.05) is 17.7 Å². The first-order valence-corrected chi connectivity index (χ1v) is 10.6. The van der Waals surface area contributed by atoms with E-state index in [2.05, 4.69) is 36.1 Å². The molecule has 3 heterocycles. The van der Waals surface area contributed by atoms with E-state index in [0.29, 0.717) is 16.5 Å². The standard InChI is InChI=1S/C22H25ClN6O2/c1-13-15(4-5-16-19(13)27-21(30)14(2)25-16)12-28-8-10-29(11-9-28)18-7-6-17(22(31)24-3)26-20(18)23/h4-7H,8-12H2,1-3H3,(H,24,31)(H,27,30). The number of halogens is 1. The molecule has 0 saturated carbocycles. The van der Waals surface area contributed by atoms with Gasteiger partial charge >= 0.3 is 0 Å². The topological polar surface area (TPSA) is 94.2 Å². The molecule has 2 aromatic heterocycles. The molecule has 0 aliphatic carbocycles. The molecule has 2 N–H and O–H groups in total. The van der Waals surface area contributed by atoms with E-state index in [0.717, 1.165) is 55.0 Å². The predicted octanol–water partition coefficient (Wildman–Crippen LogP) is 2.27. The summed E-state index contributed by atoms with van der Waals surface area (Å²) in [4.78, 5) is 39.9. The molecule has 31 heavy (non-hydrogen) atoms. The average Bonchev–Trinajstić information content (AvgIpc) is 2.77. The second-order valence-corrected chi connectivity index (χ2v) is 8.10. The molecule has 3 aromatic rings. The number of amides is 1. The summed E-state index contributed by atoms with van der Waals surface area (Å²) in [6.45, 7) is 7.90. The second-order valence-electron chi connectivity index (χ2n) is 7.74. The van der Waals surface area contributed by atoms with E-state index in [4.69, 9.17) is 11.6 Å². The van der Waals surface area contributed by atoms with Crippen molar-refractivity contribution in [1.29, 1.82) is 0 Å². The zero-order valence-corrected chi connectivity index (χ0v) is 18.6. The number of aryl methyl sites for hydroxylation is 2. The Balaban J connectivity index is 1.45. The lowest BCUT2D eigenvalue weighted by atomic mass is 10.1. The monoisotopic (exact) mass is 440 g/mol. The van der Waals surface area contributed by atoms with Crippen LogP contribution in [0.4, 0.5) is 5.69 Å². The summed E-state index contributed by atoms with van der Waals surface area (Å²) < 4.78 is 0. The summed E-state index contributed by atoms with van der Waals surface area (Å²) in [6, 6.07) is 7.61. The number of anilines is 1. The number of hydrogen-bond acceptors (Lipinski definition) is 6. The maximum Gasteiger partial charge on any atom is 0.269 e. The van der Waals surface area contributed by atoms with Crippen LogP contribution in [0.15, 0.2) is 29.1 Å². The minimum absolute atomic E-state index is 0.144. The maximum atomic E-state index is 12.0. The lowest BCUT2D eigenvalue weighted by Crippen LogP contribution is -2.46. The Kier molecular flexibility index (Phi) is 5.93. The fourth-order valence-corrected chi connectivity index (χ4v) is 4.18. The van der Waals surface area contributed by atoms with Crippen LogP contribution in [0.25, 0.3) is 11.0 Å². The molecular formula is C22H25ClN6O2.